The summed E-state index contributed by atoms with van der Waals surface area (Å²) in [5.41, 5.74) is 2.16. The second kappa shape index (κ2) is 5.47. The van der Waals surface area contributed by atoms with Crippen LogP contribution >= 0.6 is 0 Å². The molecule has 0 aliphatic rings. The zero-order chi connectivity index (χ0) is 13.9. The van der Waals surface area contributed by atoms with Crippen LogP contribution < -0.4 is 5.32 Å². The molecule has 1 heterocycles. The summed E-state index contributed by atoms with van der Waals surface area (Å²) >= 11 is 0. The Morgan fingerprint density at radius 2 is 1.90 bits per heavy atom. The minimum absolute atomic E-state index is 0.439. The normalized spacial score (nSPS) is 11.3. The van der Waals surface area contributed by atoms with E-state index in [0.717, 1.165) is 23.4 Å². The number of benzene rings is 2. The van der Waals surface area contributed by atoms with Gasteiger partial charge in [-0.25, -0.2) is 0 Å². The molecular weight excluding hydrogens is 248 g/mol. The summed E-state index contributed by atoms with van der Waals surface area (Å²) < 4.78 is 5.44. The zero-order valence-corrected chi connectivity index (χ0v) is 11.8. The number of hydrogen-bond donors (Lipinski definition) is 1. The van der Waals surface area contributed by atoms with Gasteiger partial charge in [-0.2, -0.15) is 0 Å². The summed E-state index contributed by atoms with van der Waals surface area (Å²) in [5, 5.41) is 9.78. The van der Waals surface area contributed by atoms with Crippen molar-refractivity contribution in [2.24, 2.45) is 0 Å². The van der Waals surface area contributed by atoms with Gasteiger partial charge >= 0.3 is 0 Å². The molecule has 0 bridgehead atoms. The summed E-state index contributed by atoms with van der Waals surface area (Å²) in [6.07, 6.45) is 1.79. The van der Waals surface area contributed by atoms with Gasteiger partial charge in [-0.1, -0.05) is 55.4 Å². The molecular formula is C17H18N2O. The highest BCUT2D eigenvalue weighted by Gasteiger charge is 2.11. The van der Waals surface area contributed by atoms with Gasteiger partial charge in [-0.05, 0) is 16.8 Å². The molecule has 3 rings (SSSR count). The molecule has 0 aliphatic heterocycles. The zero-order valence-electron chi connectivity index (χ0n) is 11.8. The summed E-state index contributed by atoms with van der Waals surface area (Å²) in [7, 11) is 0. The average Bonchev–Trinajstić information content (AvgIpc) is 2.93. The Morgan fingerprint density at radius 1 is 1.10 bits per heavy atom. The first kappa shape index (κ1) is 12.9. The summed E-state index contributed by atoms with van der Waals surface area (Å²) in [6.45, 7) is 5.02. The molecule has 0 saturated carbocycles. The van der Waals surface area contributed by atoms with Crippen LogP contribution in [-0.2, 0) is 6.54 Å². The molecule has 3 aromatic rings. The van der Waals surface area contributed by atoms with E-state index >= 15 is 0 Å². The maximum atomic E-state index is 5.44. The van der Waals surface area contributed by atoms with E-state index in [4.69, 9.17) is 4.52 Å². The van der Waals surface area contributed by atoms with Crippen LogP contribution in [0, 0.1) is 0 Å². The van der Waals surface area contributed by atoms with Crippen molar-refractivity contribution in [1.29, 1.82) is 0 Å². The van der Waals surface area contributed by atoms with E-state index < -0.39 is 0 Å². The van der Waals surface area contributed by atoms with Crippen LogP contribution in [0.1, 0.15) is 19.4 Å². The van der Waals surface area contributed by atoms with E-state index in [-0.39, 0.29) is 0 Å². The first-order chi connectivity index (χ1) is 9.74. The fourth-order valence-corrected chi connectivity index (χ4v) is 2.27. The van der Waals surface area contributed by atoms with Crippen molar-refractivity contribution in [3.8, 4) is 11.3 Å². The molecule has 0 unspecified atom stereocenters. The fraction of sp³-hybridized carbons (Fsp3) is 0.235. The van der Waals surface area contributed by atoms with Crippen molar-refractivity contribution in [1.82, 2.24) is 10.5 Å². The van der Waals surface area contributed by atoms with Crippen molar-refractivity contribution < 1.29 is 4.52 Å². The predicted octanol–water partition coefficient (Wildman–Crippen LogP) is 3.99. The molecule has 0 amide bonds. The molecule has 3 nitrogen and oxygen atoms in total. The monoisotopic (exact) mass is 266 g/mol. The third kappa shape index (κ3) is 2.58. The Bertz CT molecular complexity index is 716. The maximum absolute atomic E-state index is 5.44. The van der Waals surface area contributed by atoms with Crippen molar-refractivity contribution in [2.45, 2.75) is 26.4 Å². The molecule has 1 N–H and O–H groups in total. The number of fused-ring (bicyclic) bond motifs is 1. The van der Waals surface area contributed by atoms with Crippen molar-refractivity contribution >= 4 is 10.8 Å². The van der Waals surface area contributed by atoms with Crippen molar-refractivity contribution in [3.05, 3.63) is 54.2 Å². The van der Waals surface area contributed by atoms with Crippen LogP contribution in [0.2, 0.25) is 0 Å². The highest BCUT2D eigenvalue weighted by molar-refractivity contribution is 5.86. The van der Waals surface area contributed by atoms with E-state index in [1.54, 1.807) is 6.20 Å². The average molecular weight is 266 g/mol. The van der Waals surface area contributed by atoms with Crippen LogP contribution in [0.15, 0.2) is 53.2 Å². The van der Waals surface area contributed by atoms with Gasteiger partial charge in [-0.3, -0.25) is 0 Å². The lowest BCUT2D eigenvalue weighted by molar-refractivity contribution is 0.431. The molecule has 0 aliphatic carbocycles. The first-order valence-electron chi connectivity index (χ1n) is 6.90. The van der Waals surface area contributed by atoms with Gasteiger partial charge in [0.25, 0.3) is 0 Å². The van der Waals surface area contributed by atoms with E-state index in [9.17, 15) is 0 Å². The van der Waals surface area contributed by atoms with Gasteiger partial charge < -0.3 is 9.84 Å². The third-order valence-electron chi connectivity index (χ3n) is 3.36. The Labute approximate surface area is 118 Å². The summed E-state index contributed by atoms with van der Waals surface area (Å²) in [5.74, 6) is 0.851. The highest BCUT2D eigenvalue weighted by atomic mass is 16.5. The minimum Gasteiger partial charge on any atom is -0.356 e. The lowest BCUT2D eigenvalue weighted by Crippen LogP contribution is -2.21. The molecule has 0 radical (unpaired) electrons. The standard InChI is InChI=1S/C17H18N2O/c1-12(2)18-10-16-11-19-20-17(16)15-8-7-13-5-3-4-6-14(13)9-15/h3-9,11-12,18H,10H2,1-2H3. The van der Waals surface area contributed by atoms with E-state index in [1.807, 2.05) is 6.07 Å². The van der Waals surface area contributed by atoms with Crippen molar-refractivity contribution in [3.63, 3.8) is 0 Å². The van der Waals surface area contributed by atoms with Crippen molar-refractivity contribution in [2.75, 3.05) is 0 Å². The van der Waals surface area contributed by atoms with E-state index in [2.05, 4.69) is 60.7 Å². The van der Waals surface area contributed by atoms with Gasteiger partial charge in [0.05, 0.1) is 6.20 Å². The van der Waals surface area contributed by atoms with Gasteiger partial charge in [0.2, 0.25) is 0 Å². The second-order valence-electron chi connectivity index (χ2n) is 5.28. The minimum atomic E-state index is 0.439. The number of nitrogens with zero attached hydrogens (tertiary/aromatic N) is 1. The Kier molecular flexibility index (Phi) is 3.52. The largest absolute Gasteiger partial charge is 0.356 e. The Hall–Kier alpha value is -2.13. The van der Waals surface area contributed by atoms with Crippen LogP contribution in [0.3, 0.4) is 0 Å². The van der Waals surface area contributed by atoms with Crippen LogP contribution in [0.5, 0.6) is 0 Å². The van der Waals surface area contributed by atoms with Gasteiger partial charge in [0, 0.05) is 23.7 Å². The molecule has 0 fully saturated rings. The molecule has 0 spiro atoms. The van der Waals surface area contributed by atoms with Gasteiger partial charge in [-0.15, -0.1) is 0 Å². The number of aromatic nitrogens is 1. The Balaban J connectivity index is 1.96. The topological polar surface area (TPSA) is 38.1 Å². The van der Waals surface area contributed by atoms with Crippen LogP contribution in [0.25, 0.3) is 22.1 Å². The number of nitrogens with one attached hydrogen (secondary N) is 1. The van der Waals surface area contributed by atoms with E-state index in [1.165, 1.54) is 10.8 Å². The summed E-state index contributed by atoms with van der Waals surface area (Å²) in [6, 6.07) is 15.1. The molecule has 1 aromatic heterocycles. The van der Waals surface area contributed by atoms with Crippen LogP contribution in [-0.4, -0.2) is 11.2 Å². The molecule has 2 aromatic carbocycles. The fourth-order valence-electron chi connectivity index (χ4n) is 2.27. The molecule has 20 heavy (non-hydrogen) atoms. The summed E-state index contributed by atoms with van der Waals surface area (Å²) in [4.78, 5) is 0. The molecule has 102 valence electrons. The smallest absolute Gasteiger partial charge is 0.171 e. The first-order valence-corrected chi connectivity index (χ1v) is 6.90. The third-order valence-corrected chi connectivity index (χ3v) is 3.36. The second-order valence-corrected chi connectivity index (χ2v) is 5.28. The lowest BCUT2D eigenvalue weighted by atomic mass is 10.0. The number of hydrogen-bond acceptors (Lipinski definition) is 3. The lowest BCUT2D eigenvalue weighted by Gasteiger charge is -2.07. The maximum Gasteiger partial charge on any atom is 0.171 e. The molecule has 3 heteroatoms. The molecule has 0 atom stereocenters. The quantitative estimate of drug-likeness (QED) is 0.775. The van der Waals surface area contributed by atoms with Gasteiger partial charge in [0.1, 0.15) is 0 Å². The highest BCUT2D eigenvalue weighted by Crippen LogP contribution is 2.27. The molecule has 0 saturated heterocycles. The SMILES string of the molecule is CC(C)NCc1cnoc1-c1ccc2ccccc2c1. The Morgan fingerprint density at radius 3 is 2.70 bits per heavy atom. The number of rotatable bonds is 4. The van der Waals surface area contributed by atoms with Gasteiger partial charge in [0.15, 0.2) is 5.76 Å². The van der Waals surface area contributed by atoms with Crippen LogP contribution in [0.4, 0.5) is 0 Å². The van der Waals surface area contributed by atoms with E-state index in [0.29, 0.717) is 6.04 Å². The predicted molar refractivity (Wildman–Crippen MR) is 81.4 cm³/mol.